The predicted octanol–water partition coefficient (Wildman–Crippen LogP) is 4.81. The molecule has 3 N–H and O–H groups in total. The molecule has 0 aliphatic rings. The fourth-order valence-corrected chi connectivity index (χ4v) is 3.16. The molecule has 0 radical (unpaired) electrons. The van der Waals surface area contributed by atoms with Crippen LogP contribution in [0.25, 0.3) is 0 Å². The van der Waals surface area contributed by atoms with Crippen molar-refractivity contribution in [1.29, 1.82) is 0 Å². The molecule has 7 heteroatoms. The molecule has 1 heterocycles. The van der Waals surface area contributed by atoms with E-state index in [0.717, 1.165) is 22.5 Å². The third kappa shape index (κ3) is 4.86. The van der Waals surface area contributed by atoms with Crippen molar-refractivity contribution in [2.45, 2.75) is 13.5 Å². The van der Waals surface area contributed by atoms with Crippen LogP contribution in [0.1, 0.15) is 20.8 Å². The maximum absolute atomic E-state index is 11.5. The van der Waals surface area contributed by atoms with E-state index in [2.05, 4.69) is 10.3 Å². The summed E-state index contributed by atoms with van der Waals surface area (Å²) in [6.07, 6.45) is 1.44. The molecule has 6 nitrogen and oxygen atoms in total. The number of anilines is 1. The Hall–Kier alpha value is -3.32. The molecule has 0 atom stereocenters. The van der Waals surface area contributed by atoms with Crippen molar-refractivity contribution in [3.05, 3.63) is 70.6 Å². The minimum Gasteiger partial charge on any atom is -0.508 e. The summed E-state index contributed by atoms with van der Waals surface area (Å²) < 4.78 is 5.73. The minimum atomic E-state index is -1.05. The number of hydrogen-bond acceptors (Lipinski definition) is 5. The number of aromatic carboxylic acids is 1. The van der Waals surface area contributed by atoms with E-state index >= 15 is 0 Å². The van der Waals surface area contributed by atoms with Gasteiger partial charge in [-0.1, -0.05) is 30.3 Å². The summed E-state index contributed by atoms with van der Waals surface area (Å²) in [6, 6.07) is 16.0. The average Bonchev–Trinajstić information content (AvgIpc) is 3.04. The first-order valence-electron chi connectivity index (χ1n) is 8.15. The zero-order valence-corrected chi connectivity index (χ0v) is 15.4. The van der Waals surface area contributed by atoms with Crippen LogP contribution in [0.5, 0.6) is 11.5 Å². The number of carbonyl (C=O) groups is 1. The maximum atomic E-state index is 11.5. The van der Waals surface area contributed by atoms with Gasteiger partial charge in [0.25, 0.3) is 0 Å². The monoisotopic (exact) mass is 382 g/mol. The second kappa shape index (κ2) is 8.37. The van der Waals surface area contributed by atoms with E-state index < -0.39 is 5.97 Å². The van der Waals surface area contributed by atoms with Crippen LogP contribution in [-0.4, -0.2) is 22.5 Å². The first-order valence-corrected chi connectivity index (χ1v) is 8.97. The number of aromatic hydroxyl groups is 1. The quantitative estimate of drug-likeness (QED) is 0.403. The lowest BCUT2D eigenvalue weighted by atomic mass is 10.1. The van der Waals surface area contributed by atoms with Gasteiger partial charge in [0, 0.05) is 17.8 Å². The number of thiophene rings is 1. The summed E-state index contributed by atoms with van der Waals surface area (Å²) in [7, 11) is 0. The van der Waals surface area contributed by atoms with Crippen LogP contribution in [0.2, 0.25) is 0 Å². The number of hydrogen-bond donors (Lipinski definition) is 3. The van der Waals surface area contributed by atoms with Gasteiger partial charge in [0.05, 0.1) is 6.34 Å². The highest BCUT2D eigenvalue weighted by Gasteiger charge is 2.17. The van der Waals surface area contributed by atoms with Gasteiger partial charge in [0.1, 0.15) is 23.1 Å². The summed E-state index contributed by atoms with van der Waals surface area (Å²) in [5.41, 5.74) is 2.75. The fourth-order valence-electron chi connectivity index (χ4n) is 2.38. The molecule has 27 heavy (non-hydrogen) atoms. The molecule has 3 aromatic rings. The van der Waals surface area contributed by atoms with Crippen molar-refractivity contribution in [3.63, 3.8) is 0 Å². The zero-order valence-electron chi connectivity index (χ0n) is 14.5. The summed E-state index contributed by atoms with van der Waals surface area (Å²) in [4.78, 5) is 15.8. The lowest BCUT2D eigenvalue weighted by Crippen LogP contribution is -2.01. The largest absolute Gasteiger partial charge is 0.508 e. The highest BCUT2D eigenvalue weighted by Crippen LogP contribution is 2.35. The second-order valence-corrected chi connectivity index (χ2v) is 6.78. The number of aryl methyl sites for hydroxylation is 1. The standard InChI is InChI=1S/C20H18N2O4S/c1-13-5-2-3-6-14(13)11-26-17-10-18(27-19(17)20(24)25)22-12-21-15-7-4-8-16(23)9-15/h2-10,12,23H,11H2,1H3,(H,21,22)(H,24,25). The van der Waals surface area contributed by atoms with Gasteiger partial charge in [-0.15, -0.1) is 11.3 Å². The molecule has 0 saturated carbocycles. The van der Waals surface area contributed by atoms with E-state index in [1.54, 1.807) is 30.3 Å². The van der Waals surface area contributed by atoms with Crippen LogP contribution in [0, 0.1) is 6.92 Å². The Morgan fingerprint density at radius 1 is 1.22 bits per heavy atom. The number of rotatable bonds is 7. The van der Waals surface area contributed by atoms with Gasteiger partial charge in [0.2, 0.25) is 0 Å². The van der Waals surface area contributed by atoms with E-state index in [1.165, 1.54) is 6.34 Å². The molecule has 0 fully saturated rings. The molecule has 2 aromatic carbocycles. The van der Waals surface area contributed by atoms with Crippen LogP contribution in [0.3, 0.4) is 0 Å². The summed E-state index contributed by atoms with van der Waals surface area (Å²) in [5.74, 6) is -0.619. The fraction of sp³-hybridized carbons (Fsp3) is 0.100. The van der Waals surface area contributed by atoms with Gasteiger partial charge in [-0.25, -0.2) is 9.79 Å². The minimum absolute atomic E-state index is 0.105. The van der Waals surface area contributed by atoms with Crippen molar-refractivity contribution >= 4 is 34.3 Å². The van der Waals surface area contributed by atoms with E-state index in [1.807, 2.05) is 31.2 Å². The number of phenolic OH excluding ortho intramolecular Hbond substituents is 1. The number of nitrogens with one attached hydrogen (secondary N) is 1. The van der Waals surface area contributed by atoms with Gasteiger partial charge in [-0.3, -0.25) is 0 Å². The summed E-state index contributed by atoms with van der Waals surface area (Å²) in [5, 5.41) is 22.3. The number of carboxylic acid groups (broad SMARTS) is 1. The molecule has 3 rings (SSSR count). The molecule has 0 saturated heterocycles. The van der Waals surface area contributed by atoms with E-state index in [0.29, 0.717) is 16.4 Å². The first-order chi connectivity index (χ1) is 13.0. The number of carboxylic acids is 1. The van der Waals surface area contributed by atoms with E-state index in [9.17, 15) is 15.0 Å². The maximum Gasteiger partial charge on any atom is 0.349 e. The Morgan fingerprint density at radius 2 is 2.04 bits per heavy atom. The highest BCUT2D eigenvalue weighted by molar-refractivity contribution is 7.18. The van der Waals surface area contributed by atoms with Gasteiger partial charge >= 0.3 is 5.97 Å². The average molecular weight is 382 g/mol. The van der Waals surface area contributed by atoms with E-state index in [4.69, 9.17) is 4.74 Å². The van der Waals surface area contributed by atoms with Crippen LogP contribution < -0.4 is 10.1 Å². The van der Waals surface area contributed by atoms with Crippen molar-refractivity contribution in [3.8, 4) is 11.5 Å². The topological polar surface area (TPSA) is 91.1 Å². The SMILES string of the molecule is Cc1ccccc1COc1cc(/N=C/Nc2cccc(O)c2)sc1C(=O)O. The Bertz CT molecular complexity index is 982. The number of aliphatic imine (C=N–C) groups is 1. The van der Waals surface area contributed by atoms with Gasteiger partial charge in [-0.05, 0) is 30.2 Å². The lowest BCUT2D eigenvalue weighted by Gasteiger charge is -2.07. The van der Waals surface area contributed by atoms with Crippen molar-refractivity contribution < 1.29 is 19.7 Å². The van der Waals surface area contributed by atoms with E-state index in [-0.39, 0.29) is 17.2 Å². The van der Waals surface area contributed by atoms with Gasteiger partial charge in [0.15, 0.2) is 4.88 Å². The smallest absolute Gasteiger partial charge is 0.349 e. The number of nitrogens with zero attached hydrogens (tertiary/aromatic N) is 1. The summed E-state index contributed by atoms with van der Waals surface area (Å²) >= 11 is 1.03. The highest BCUT2D eigenvalue weighted by atomic mass is 32.1. The van der Waals surface area contributed by atoms with Gasteiger partial charge < -0.3 is 20.3 Å². The third-order valence-electron chi connectivity index (χ3n) is 3.79. The number of ether oxygens (including phenoxy) is 1. The Kier molecular flexibility index (Phi) is 5.73. The van der Waals surface area contributed by atoms with Crippen LogP contribution in [0.15, 0.2) is 59.6 Å². The molecule has 0 amide bonds. The zero-order chi connectivity index (χ0) is 19.2. The molecule has 0 bridgehead atoms. The van der Waals surface area contributed by atoms with Crippen LogP contribution in [0.4, 0.5) is 10.7 Å². The lowest BCUT2D eigenvalue weighted by molar-refractivity contribution is 0.0697. The van der Waals surface area contributed by atoms with Crippen LogP contribution in [-0.2, 0) is 6.61 Å². The first kappa shape index (κ1) is 18.5. The van der Waals surface area contributed by atoms with Crippen molar-refractivity contribution in [2.24, 2.45) is 4.99 Å². The number of phenols is 1. The predicted molar refractivity (Wildman–Crippen MR) is 107 cm³/mol. The molecule has 1 aromatic heterocycles. The van der Waals surface area contributed by atoms with Gasteiger partial charge in [-0.2, -0.15) is 0 Å². The third-order valence-corrected chi connectivity index (χ3v) is 4.81. The molecule has 0 spiro atoms. The van der Waals surface area contributed by atoms with Crippen molar-refractivity contribution in [1.82, 2.24) is 0 Å². The second-order valence-electron chi connectivity index (χ2n) is 5.75. The Labute approximate surface area is 160 Å². The molecular formula is C20H18N2O4S. The molecule has 0 unspecified atom stereocenters. The Morgan fingerprint density at radius 3 is 2.78 bits per heavy atom. The summed E-state index contributed by atoms with van der Waals surface area (Å²) in [6.45, 7) is 2.27. The molecule has 0 aliphatic heterocycles. The molecule has 0 aliphatic carbocycles. The Balaban J connectivity index is 1.72. The van der Waals surface area contributed by atoms with Crippen molar-refractivity contribution in [2.75, 3.05) is 5.32 Å². The molecular weight excluding hydrogens is 364 g/mol. The molecule has 138 valence electrons. The number of benzene rings is 2. The van der Waals surface area contributed by atoms with Crippen LogP contribution >= 0.6 is 11.3 Å². The normalized spacial score (nSPS) is 10.9.